The minimum atomic E-state index is -0.221. The first-order chi connectivity index (χ1) is 13.9. The van der Waals surface area contributed by atoms with Gasteiger partial charge in [-0.1, -0.05) is 42.5 Å². The van der Waals surface area contributed by atoms with E-state index in [9.17, 15) is 0 Å². The fourth-order valence-corrected chi connectivity index (χ4v) is 3.79. The lowest BCUT2D eigenvalue weighted by atomic mass is 9.90. The summed E-state index contributed by atoms with van der Waals surface area (Å²) in [6.45, 7) is 8.75. The molecule has 2 aromatic carbocycles. The molecule has 0 amide bonds. The number of nitrogens with zero attached hydrogens (tertiary/aromatic N) is 2. The Hall–Kier alpha value is -2.53. The van der Waals surface area contributed by atoms with Crippen LogP contribution in [-0.4, -0.2) is 37.1 Å². The van der Waals surface area contributed by atoms with Crippen molar-refractivity contribution in [3.63, 3.8) is 0 Å². The summed E-state index contributed by atoms with van der Waals surface area (Å²) in [4.78, 5) is 7.09. The Morgan fingerprint density at radius 1 is 1.10 bits per heavy atom. The SMILES string of the molecule is CCNC(=NCc1ccccc1CN(C)C)NC1CC(C)(C)Oc2ccccc21. The minimum Gasteiger partial charge on any atom is -0.487 e. The highest BCUT2D eigenvalue weighted by Crippen LogP contribution is 2.39. The van der Waals surface area contributed by atoms with Gasteiger partial charge < -0.3 is 20.3 Å². The smallest absolute Gasteiger partial charge is 0.192 e. The summed E-state index contributed by atoms with van der Waals surface area (Å²) in [5, 5.41) is 7.05. The minimum absolute atomic E-state index is 0.157. The normalized spacial score (nSPS) is 18.1. The van der Waals surface area contributed by atoms with Crippen molar-refractivity contribution in [2.45, 2.75) is 51.9 Å². The van der Waals surface area contributed by atoms with Gasteiger partial charge in [0.1, 0.15) is 11.4 Å². The van der Waals surface area contributed by atoms with Crippen LogP contribution < -0.4 is 15.4 Å². The summed E-state index contributed by atoms with van der Waals surface area (Å²) in [5.41, 5.74) is 3.54. The van der Waals surface area contributed by atoms with Crippen LogP contribution in [0.5, 0.6) is 5.75 Å². The number of hydrogen-bond donors (Lipinski definition) is 2. The third kappa shape index (κ3) is 5.73. The van der Waals surface area contributed by atoms with Crippen LogP contribution in [0, 0.1) is 0 Å². The van der Waals surface area contributed by atoms with Gasteiger partial charge in [0.05, 0.1) is 12.6 Å². The Labute approximate surface area is 175 Å². The van der Waals surface area contributed by atoms with Gasteiger partial charge in [-0.25, -0.2) is 4.99 Å². The number of benzene rings is 2. The largest absolute Gasteiger partial charge is 0.487 e. The summed E-state index contributed by atoms with van der Waals surface area (Å²) < 4.78 is 6.17. The van der Waals surface area contributed by atoms with E-state index in [2.05, 4.69) is 86.8 Å². The molecular formula is C24H34N4O. The molecular weight excluding hydrogens is 360 g/mol. The number of fused-ring (bicyclic) bond motifs is 1. The molecule has 2 aromatic rings. The number of ether oxygens (including phenoxy) is 1. The molecule has 1 aliphatic heterocycles. The maximum Gasteiger partial charge on any atom is 0.192 e. The van der Waals surface area contributed by atoms with Crippen LogP contribution in [0.2, 0.25) is 0 Å². The lowest BCUT2D eigenvalue weighted by Crippen LogP contribution is -2.45. The lowest BCUT2D eigenvalue weighted by molar-refractivity contribution is 0.0694. The fraction of sp³-hybridized carbons (Fsp3) is 0.458. The number of rotatable bonds is 6. The highest BCUT2D eigenvalue weighted by atomic mass is 16.5. The van der Waals surface area contributed by atoms with Gasteiger partial charge in [0, 0.05) is 25.1 Å². The van der Waals surface area contributed by atoms with Gasteiger partial charge in [-0.2, -0.15) is 0 Å². The van der Waals surface area contributed by atoms with Crippen molar-refractivity contribution in [3.05, 3.63) is 65.2 Å². The molecule has 0 aromatic heterocycles. The van der Waals surface area contributed by atoms with E-state index in [-0.39, 0.29) is 11.6 Å². The van der Waals surface area contributed by atoms with Gasteiger partial charge in [0.25, 0.3) is 0 Å². The summed E-state index contributed by atoms with van der Waals surface area (Å²) in [6.07, 6.45) is 0.881. The predicted octanol–water partition coefficient (Wildman–Crippen LogP) is 4.11. The summed E-state index contributed by atoms with van der Waals surface area (Å²) in [6, 6.07) is 17.0. The average molecular weight is 395 g/mol. The fourth-order valence-electron chi connectivity index (χ4n) is 3.79. The van der Waals surface area contributed by atoms with Crippen LogP contribution >= 0.6 is 0 Å². The Balaban J connectivity index is 1.81. The zero-order chi connectivity index (χ0) is 20.9. The zero-order valence-corrected chi connectivity index (χ0v) is 18.3. The third-order valence-electron chi connectivity index (χ3n) is 5.04. The van der Waals surface area contributed by atoms with Crippen LogP contribution in [0.25, 0.3) is 0 Å². The highest BCUT2D eigenvalue weighted by Gasteiger charge is 2.33. The first-order valence-corrected chi connectivity index (χ1v) is 10.4. The number of aliphatic imine (C=N–C) groups is 1. The molecule has 1 aliphatic rings. The van der Waals surface area contributed by atoms with Crippen molar-refractivity contribution in [1.29, 1.82) is 0 Å². The molecule has 1 heterocycles. The van der Waals surface area contributed by atoms with Crippen molar-refractivity contribution < 1.29 is 4.74 Å². The Morgan fingerprint density at radius 3 is 2.52 bits per heavy atom. The van der Waals surface area contributed by atoms with Crippen LogP contribution in [0.15, 0.2) is 53.5 Å². The lowest BCUT2D eigenvalue weighted by Gasteiger charge is -2.38. The zero-order valence-electron chi connectivity index (χ0n) is 18.3. The van der Waals surface area contributed by atoms with Crippen LogP contribution in [-0.2, 0) is 13.1 Å². The molecule has 29 heavy (non-hydrogen) atoms. The van der Waals surface area contributed by atoms with Crippen LogP contribution in [0.1, 0.15) is 49.9 Å². The van der Waals surface area contributed by atoms with Crippen molar-refractivity contribution in [2.24, 2.45) is 4.99 Å². The molecule has 5 heteroatoms. The maximum absolute atomic E-state index is 6.17. The second-order valence-electron chi connectivity index (χ2n) is 8.50. The van der Waals surface area contributed by atoms with Crippen molar-refractivity contribution in [2.75, 3.05) is 20.6 Å². The van der Waals surface area contributed by atoms with Crippen LogP contribution in [0.4, 0.5) is 0 Å². The topological polar surface area (TPSA) is 48.9 Å². The second-order valence-corrected chi connectivity index (χ2v) is 8.50. The van der Waals surface area contributed by atoms with E-state index in [4.69, 9.17) is 9.73 Å². The first-order valence-electron chi connectivity index (χ1n) is 10.4. The summed E-state index contributed by atoms with van der Waals surface area (Å²) in [7, 11) is 4.19. The van der Waals surface area contributed by atoms with E-state index >= 15 is 0 Å². The maximum atomic E-state index is 6.17. The Kier molecular flexibility index (Phi) is 6.80. The second kappa shape index (κ2) is 9.31. The van der Waals surface area contributed by atoms with Crippen molar-refractivity contribution in [3.8, 4) is 5.75 Å². The molecule has 0 fully saturated rings. The molecule has 1 unspecified atom stereocenters. The van der Waals surface area contributed by atoms with Gasteiger partial charge in [-0.05, 0) is 52.1 Å². The standard InChI is InChI=1S/C24H34N4O/c1-6-25-23(26-16-18-11-7-8-12-19(18)17-28(4)5)27-21-15-24(2,3)29-22-14-10-9-13-20(21)22/h7-14,21H,6,15-17H2,1-5H3,(H2,25,26,27). The Bertz CT molecular complexity index is 844. The average Bonchev–Trinajstić information content (AvgIpc) is 2.66. The van der Waals surface area contributed by atoms with Gasteiger partial charge in [-0.3, -0.25) is 0 Å². The van der Waals surface area contributed by atoms with Crippen molar-refractivity contribution >= 4 is 5.96 Å². The van der Waals surface area contributed by atoms with Gasteiger partial charge >= 0.3 is 0 Å². The number of para-hydroxylation sites is 1. The van der Waals surface area contributed by atoms with E-state index in [1.807, 2.05) is 12.1 Å². The van der Waals surface area contributed by atoms with Crippen molar-refractivity contribution in [1.82, 2.24) is 15.5 Å². The third-order valence-corrected chi connectivity index (χ3v) is 5.04. The quantitative estimate of drug-likeness (QED) is 0.572. The van der Waals surface area contributed by atoms with E-state index in [0.29, 0.717) is 6.54 Å². The van der Waals surface area contributed by atoms with Gasteiger partial charge in [0.2, 0.25) is 0 Å². The molecule has 0 saturated carbocycles. The molecule has 0 saturated heterocycles. The first kappa shape index (κ1) is 21.2. The Morgan fingerprint density at radius 2 is 1.79 bits per heavy atom. The van der Waals surface area contributed by atoms with Gasteiger partial charge in [0.15, 0.2) is 5.96 Å². The van der Waals surface area contributed by atoms with Crippen LogP contribution in [0.3, 0.4) is 0 Å². The predicted molar refractivity (Wildman–Crippen MR) is 120 cm³/mol. The van der Waals surface area contributed by atoms with E-state index in [0.717, 1.165) is 31.2 Å². The van der Waals surface area contributed by atoms with E-state index in [1.54, 1.807) is 0 Å². The monoisotopic (exact) mass is 394 g/mol. The van der Waals surface area contributed by atoms with E-state index < -0.39 is 0 Å². The molecule has 2 N–H and O–H groups in total. The highest BCUT2D eigenvalue weighted by molar-refractivity contribution is 5.80. The summed E-state index contributed by atoms with van der Waals surface area (Å²) >= 11 is 0. The molecule has 5 nitrogen and oxygen atoms in total. The van der Waals surface area contributed by atoms with Gasteiger partial charge in [-0.15, -0.1) is 0 Å². The molecule has 0 bridgehead atoms. The number of nitrogens with one attached hydrogen (secondary N) is 2. The van der Waals surface area contributed by atoms with E-state index in [1.165, 1.54) is 16.7 Å². The molecule has 0 aliphatic carbocycles. The molecule has 1 atom stereocenters. The molecule has 3 rings (SSSR count). The number of guanidine groups is 1. The molecule has 0 radical (unpaired) electrons. The number of hydrogen-bond acceptors (Lipinski definition) is 3. The molecule has 156 valence electrons. The summed E-state index contributed by atoms with van der Waals surface area (Å²) in [5.74, 6) is 1.79. The molecule has 0 spiro atoms.